The van der Waals surface area contributed by atoms with Gasteiger partial charge in [0.25, 0.3) is 5.91 Å². The summed E-state index contributed by atoms with van der Waals surface area (Å²) in [6.07, 6.45) is 1.11. The summed E-state index contributed by atoms with van der Waals surface area (Å²) in [7, 11) is 0. The Hall–Kier alpha value is -1.85. The maximum atomic E-state index is 12.4. The van der Waals surface area contributed by atoms with Gasteiger partial charge >= 0.3 is 0 Å². The van der Waals surface area contributed by atoms with Gasteiger partial charge in [-0.3, -0.25) is 4.79 Å². The van der Waals surface area contributed by atoms with Gasteiger partial charge in [-0.2, -0.15) is 4.98 Å². The van der Waals surface area contributed by atoms with Crippen LogP contribution < -0.4 is 5.32 Å². The molecule has 2 heterocycles. The first kappa shape index (κ1) is 14.1. The molecule has 1 atom stereocenters. The number of nitrogens with one attached hydrogen (secondary N) is 1. The Morgan fingerprint density at radius 3 is 2.86 bits per heavy atom. The smallest absolute Gasteiger partial charge is 0.256 e. The van der Waals surface area contributed by atoms with Crippen LogP contribution in [0.3, 0.4) is 0 Å². The van der Waals surface area contributed by atoms with Gasteiger partial charge in [0.05, 0.1) is 6.20 Å². The number of hydrogen-bond donors (Lipinski definition) is 1. The fraction of sp³-hybridized carbons (Fsp3) is 0.214. The van der Waals surface area contributed by atoms with E-state index in [1.807, 2.05) is 31.2 Å². The van der Waals surface area contributed by atoms with Gasteiger partial charge in [-0.15, -0.1) is 0 Å². The molecule has 1 aromatic heterocycles. The van der Waals surface area contributed by atoms with Gasteiger partial charge in [-0.05, 0) is 24.6 Å². The molecular weight excluding hydrogens is 311 g/mol. The molecule has 1 N–H and O–H groups in total. The van der Waals surface area contributed by atoms with Crippen molar-refractivity contribution in [1.29, 1.82) is 0 Å². The normalized spacial score (nSPS) is 17.0. The molecule has 108 valence electrons. The van der Waals surface area contributed by atoms with Crippen LogP contribution in [-0.4, -0.2) is 27.3 Å². The lowest BCUT2D eigenvalue weighted by molar-refractivity contribution is 0.0753. The number of benzene rings is 1. The van der Waals surface area contributed by atoms with E-state index in [0.717, 1.165) is 5.56 Å². The summed E-state index contributed by atoms with van der Waals surface area (Å²) in [5.74, 6) is 0.395. The minimum absolute atomic E-state index is 0.0122. The molecule has 0 bridgehead atoms. The Balaban J connectivity index is 2.01. The van der Waals surface area contributed by atoms with E-state index in [-0.39, 0.29) is 17.4 Å². The molecule has 0 fully saturated rings. The number of fused-ring (bicyclic) bond motifs is 1. The van der Waals surface area contributed by atoms with Crippen molar-refractivity contribution < 1.29 is 4.79 Å². The molecule has 7 heteroatoms. The van der Waals surface area contributed by atoms with E-state index in [9.17, 15) is 4.79 Å². The van der Waals surface area contributed by atoms with E-state index in [1.54, 1.807) is 4.90 Å². The fourth-order valence-electron chi connectivity index (χ4n) is 2.43. The van der Waals surface area contributed by atoms with Crippen LogP contribution in [0, 0.1) is 0 Å². The summed E-state index contributed by atoms with van der Waals surface area (Å²) in [4.78, 5) is 22.0. The second-order valence-corrected chi connectivity index (χ2v) is 5.31. The minimum atomic E-state index is -0.317. The molecule has 21 heavy (non-hydrogen) atoms. The Bertz CT molecular complexity index is 707. The maximum absolute atomic E-state index is 12.4. The highest BCUT2D eigenvalue weighted by molar-refractivity contribution is 6.33. The lowest BCUT2D eigenvalue weighted by Crippen LogP contribution is -2.32. The zero-order valence-electron chi connectivity index (χ0n) is 11.2. The van der Waals surface area contributed by atoms with Crippen molar-refractivity contribution in [3.8, 4) is 0 Å². The number of anilines is 1. The molecule has 1 aliphatic rings. The number of amides is 1. The van der Waals surface area contributed by atoms with E-state index in [4.69, 9.17) is 23.2 Å². The monoisotopic (exact) mass is 322 g/mol. The minimum Gasteiger partial charge on any atom is -0.345 e. The molecule has 0 saturated heterocycles. The van der Waals surface area contributed by atoms with Crippen molar-refractivity contribution in [3.05, 3.63) is 51.9 Å². The second-order valence-electron chi connectivity index (χ2n) is 4.56. The molecule has 1 aliphatic heterocycles. The Morgan fingerprint density at radius 2 is 2.10 bits per heavy atom. The van der Waals surface area contributed by atoms with Crippen LogP contribution in [0.5, 0.6) is 0 Å². The third-order valence-corrected chi connectivity index (χ3v) is 3.85. The van der Waals surface area contributed by atoms with Crippen LogP contribution in [-0.2, 0) is 0 Å². The SMILES string of the molecule is CCN1C(=O)c2ccccc2C1Nc1nc(Cl)ncc1Cl. The summed E-state index contributed by atoms with van der Waals surface area (Å²) >= 11 is 11.9. The van der Waals surface area contributed by atoms with Crippen LogP contribution in [0.15, 0.2) is 30.5 Å². The molecule has 0 radical (unpaired) electrons. The quantitative estimate of drug-likeness (QED) is 0.880. The van der Waals surface area contributed by atoms with Gasteiger partial charge in [-0.1, -0.05) is 29.8 Å². The van der Waals surface area contributed by atoms with Crippen molar-refractivity contribution in [2.45, 2.75) is 13.1 Å². The van der Waals surface area contributed by atoms with E-state index in [0.29, 0.717) is 22.9 Å². The number of halogens is 2. The third-order valence-electron chi connectivity index (χ3n) is 3.39. The van der Waals surface area contributed by atoms with Crippen molar-refractivity contribution >= 4 is 34.9 Å². The number of carbonyl (C=O) groups excluding carboxylic acids is 1. The third kappa shape index (κ3) is 2.43. The molecule has 1 aromatic carbocycles. The molecular formula is C14H12Cl2N4O. The van der Waals surface area contributed by atoms with Crippen molar-refractivity contribution in [2.75, 3.05) is 11.9 Å². The largest absolute Gasteiger partial charge is 0.345 e. The van der Waals surface area contributed by atoms with E-state index in [2.05, 4.69) is 15.3 Å². The van der Waals surface area contributed by atoms with E-state index in [1.165, 1.54) is 6.20 Å². The van der Waals surface area contributed by atoms with Crippen LogP contribution in [0.25, 0.3) is 0 Å². The molecule has 0 aliphatic carbocycles. The molecule has 1 unspecified atom stereocenters. The molecule has 3 rings (SSSR count). The zero-order valence-corrected chi connectivity index (χ0v) is 12.7. The summed E-state index contributed by atoms with van der Waals surface area (Å²) in [5, 5.41) is 3.63. The van der Waals surface area contributed by atoms with E-state index >= 15 is 0 Å². The first-order chi connectivity index (χ1) is 10.1. The lowest BCUT2D eigenvalue weighted by atomic mass is 10.1. The van der Waals surface area contributed by atoms with Crippen molar-refractivity contribution in [1.82, 2.24) is 14.9 Å². The standard InChI is InChI=1S/C14H12Cl2N4O/c1-2-20-12(8-5-3-4-6-9(8)13(20)21)18-11-10(15)7-17-14(16)19-11/h3-7,12H,2H2,1H3,(H,17,18,19). The van der Waals surface area contributed by atoms with Crippen LogP contribution in [0.2, 0.25) is 10.3 Å². The lowest BCUT2D eigenvalue weighted by Gasteiger charge is -2.25. The summed E-state index contributed by atoms with van der Waals surface area (Å²) in [5.41, 5.74) is 1.59. The first-order valence-corrected chi connectivity index (χ1v) is 7.22. The van der Waals surface area contributed by atoms with Gasteiger partial charge in [-0.25, -0.2) is 4.98 Å². The highest BCUT2D eigenvalue weighted by atomic mass is 35.5. The maximum Gasteiger partial charge on any atom is 0.256 e. The van der Waals surface area contributed by atoms with Gasteiger partial charge in [0.2, 0.25) is 5.28 Å². The Morgan fingerprint density at radius 1 is 1.33 bits per heavy atom. The number of hydrogen-bond acceptors (Lipinski definition) is 4. The van der Waals surface area contributed by atoms with Gasteiger partial charge < -0.3 is 10.2 Å². The Labute approximate surface area is 131 Å². The first-order valence-electron chi connectivity index (χ1n) is 6.46. The molecule has 0 spiro atoms. The second kappa shape index (κ2) is 5.50. The fourth-order valence-corrected chi connectivity index (χ4v) is 2.71. The summed E-state index contributed by atoms with van der Waals surface area (Å²) in [6.45, 7) is 2.49. The highest BCUT2D eigenvalue weighted by Crippen LogP contribution is 2.35. The molecule has 1 amide bonds. The van der Waals surface area contributed by atoms with Crippen LogP contribution in [0.4, 0.5) is 5.82 Å². The summed E-state index contributed by atoms with van der Waals surface area (Å²) in [6, 6.07) is 7.48. The van der Waals surface area contributed by atoms with Gasteiger partial charge in [0, 0.05) is 17.7 Å². The van der Waals surface area contributed by atoms with E-state index < -0.39 is 0 Å². The van der Waals surface area contributed by atoms with Gasteiger partial charge in [0.1, 0.15) is 11.2 Å². The number of aromatic nitrogens is 2. The number of carbonyl (C=O) groups is 1. The Kier molecular flexibility index (Phi) is 3.69. The predicted molar refractivity (Wildman–Crippen MR) is 81.6 cm³/mol. The average Bonchev–Trinajstić information content (AvgIpc) is 2.76. The van der Waals surface area contributed by atoms with Gasteiger partial charge in [0.15, 0.2) is 5.82 Å². The number of rotatable bonds is 3. The average molecular weight is 323 g/mol. The molecule has 2 aromatic rings. The van der Waals surface area contributed by atoms with Crippen LogP contribution >= 0.6 is 23.2 Å². The highest BCUT2D eigenvalue weighted by Gasteiger charge is 2.35. The topological polar surface area (TPSA) is 58.1 Å². The van der Waals surface area contributed by atoms with Crippen LogP contribution in [0.1, 0.15) is 29.0 Å². The predicted octanol–water partition coefficient (Wildman–Crippen LogP) is 3.37. The van der Waals surface area contributed by atoms with Crippen molar-refractivity contribution in [2.24, 2.45) is 0 Å². The zero-order chi connectivity index (χ0) is 15.0. The van der Waals surface area contributed by atoms with Crippen molar-refractivity contribution in [3.63, 3.8) is 0 Å². The number of nitrogens with zero attached hydrogens (tertiary/aromatic N) is 3. The molecule has 5 nitrogen and oxygen atoms in total. The summed E-state index contributed by atoms with van der Waals surface area (Å²) < 4.78 is 0. The molecule has 0 saturated carbocycles.